The van der Waals surface area contributed by atoms with Gasteiger partial charge in [-0.3, -0.25) is 0 Å². The summed E-state index contributed by atoms with van der Waals surface area (Å²) in [5, 5.41) is 3.11. The van der Waals surface area contributed by atoms with Crippen molar-refractivity contribution in [3.8, 4) is 10.6 Å². The van der Waals surface area contributed by atoms with E-state index in [1.165, 1.54) is 0 Å². The number of methoxy groups -OCH3 is 1. The van der Waals surface area contributed by atoms with E-state index in [2.05, 4.69) is 28.6 Å². The van der Waals surface area contributed by atoms with E-state index in [1.54, 1.807) is 18.4 Å². The highest BCUT2D eigenvalue weighted by atomic mass is 32.1. The molecule has 4 nitrogen and oxygen atoms in total. The first-order valence-corrected chi connectivity index (χ1v) is 7.95. The number of ether oxygens (including phenoxy) is 2. The molecule has 2 aromatic rings. The van der Waals surface area contributed by atoms with E-state index < -0.39 is 0 Å². The number of rotatable bonds is 8. The van der Waals surface area contributed by atoms with Crippen LogP contribution in [-0.2, 0) is 22.5 Å². The normalized spacial score (nSPS) is 12.5. The molecule has 0 bridgehead atoms. The summed E-state index contributed by atoms with van der Waals surface area (Å²) in [5.74, 6) is 0. The minimum atomic E-state index is 0.0923. The van der Waals surface area contributed by atoms with Gasteiger partial charge < -0.3 is 15.2 Å². The number of aromatic nitrogens is 1. The van der Waals surface area contributed by atoms with Crippen molar-refractivity contribution in [1.82, 2.24) is 4.98 Å². The Morgan fingerprint density at radius 1 is 1.38 bits per heavy atom. The third-order valence-electron chi connectivity index (χ3n) is 3.06. The topological polar surface area (TPSA) is 57.4 Å². The van der Waals surface area contributed by atoms with Gasteiger partial charge in [-0.15, -0.1) is 11.3 Å². The summed E-state index contributed by atoms with van der Waals surface area (Å²) >= 11 is 1.66. The SMILES string of the molecule is COCC(C)OCc1cccc(-c2nc(CCN)cs2)c1. The van der Waals surface area contributed by atoms with Crippen molar-refractivity contribution >= 4 is 11.3 Å². The lowest BCUT2D eigenvalue weighted by Gasteiger charge is -2.12. The summed E-state index contributed by atoms with van der Waals surface area (Å²) in [6.45, 7) is 3.83. The van der Waals surface area contributed by atoms with Crippen LogP contribution in [0.4, 0.5) is 0 Å². The molecular formula is C16H22N2O2S. The first-order valence-electron chi connectivity index (χ1n) is 7.07. The highest BCUT2D eigenvalue weighted by molar-refractivity contribution is 7.13. The lowest BCUT2D eigenvalue weighted by atomic mass is 10.1. The van der Waals surface area contributed by atoms with Gasteiger partial charge in [-0.2, -0.15) is 0 Å². The van der Waals surface area contributed by atoms with E-state index in [4.69, 9.17) is 15.2 Å². The van der Waals surface area contributed by atoms with Crippen LogP contribution in [0.15, 0.2) is 29.6 Å². The van der Waals surface area contributed by atoms with Crippen LogP contribution in [0.2, 0.25) is 0 Å². The van der Waals surface area contributed by atoms with Crippen LogP contribution in [0.25, 0.3) is 10.6 Å². The van der Waals surface area contributed by atoms with Gasteiger partial charge in [0.1, 0.15) is 5.01 Å². The van der Waals surface area contributed by atoms with Gasteiger partial charge in [0.2, 0.25) is 0 Å². The van der Waals surface area contributed by atoms with E-state index in [9.17, 15) is 0 Å². The summed E-state index contributed by atoms with van der Waals surface area (Å²) in [6, 6.07) is 8.31. The van der Waals surface area contributed by atoms with Crippen LogP contribution in [0.3, 0.4) is 0 Å². The lowest BCUT2D eigenvalue weighted by molar-refractivity contribution is -0.000113. The molecule has 114 valence electrons. The third-order valence-corrected chi connectivity index (χ3v) is 4.00. The molecule has 1 aromatic heterocycles. The lowest BCUT2D eigenvalue weighted by Crippen LogP contribution is -2.14. The smallest absolute Gasteiger partial charge is 0.123 e. The van der Waals surface area contributed by atoms with Gasteiger partial charge in [-0.1, -0.05) is 18.2 Å². The number of nitrogens with two attached hydrogens (primary N) is 1. The fraction of sp³-hybridized carbons (Fsp3) is 0.438. The van der Waals surface area contributed by atoms with Gasteiger partial charge in [0.05, 0.1) is 25.0 Å². The Hall–Kier alpha value is -1.27. The Labute approximate surface area is 129 Å². The number of thiazole rings is 1. The summed E-state index contributed by atoms with van der Waals surface area (Å²) in [5.41, 5.74) is 8.90. The Morgan fingerprint density at radius 3 is 3.00 bits per heavy atom. The molecule has 0 saturated carbocycles. The molecule has 0 aliphatic rings. The monoisotopic (exact) mass is 306 g/mol. The zero-order valence-corrected chi connectivity index (χ0v) is 13.4. The Morgan fingerprint density at radius 2 is 2.24 bits per heavy atom. The molecule has 1 heterocycles. The molecular weight excluding hydrogens is 284 g/mol. The van der Waals surface area contributed by atoms with Crippen molar-refractivity contribution < 1.29 is 9.47 Å². The molecule has 1 aromatic carbocycles. The molecule has 1 unspecified atom stereocenters. The molecule has 0 fully saturated rings. The fourth-order valence-corrected chi connectivity index (χ4v) is 2.87. The standard InChI is InChI=1S/C16H22N2O2S/c1-12(9-19-2)20-10-13-4-3-5-14(8-13)16-18-15(6-7-17)11-21-16/h3-5,8,11-12H,6-7,9-10,17H2,1-2H3. The molecule has 1 atom stereocenters. The maximum atomic E-state index is 5.74. The summed E-state index contributed by atoms with van der Waals surface area (Å²) in [7, 11) is 1.68. The van der Waals surface area contributed by atoms with Crippen molar-refractivity contribution in [2.45, 2.75) is 26.1 Å². The highest BCUT2D eigenvalue weighted by Gasteiger charge is 2.06. The van der Waals surface area contributed by atoms with E-state index in [-0.39, 0.29) is 6.10 Å². The quantitative estimate of drug-likeness (QED) is 0.815. The fourth-order valence-electron chi connectivity index (χ4n) is 2.02. The highest BCUT2D eigenvalue weighted by Crippen LogP contribution is 2.25. The number of nitrogens with zero attached hydrogens (tertiary/aromatic N) is 1. The predicted octanol–water partition coefficient (Wildman–Crippen LogP) is 2.86. The van der Waals surface area contributed by atoms with Gasteiger partial charge >= 0.3 is 0 Å². The van der Waals surface area contributed by atoms with Crippen molar-refractivity contribution in [2.24, 2.45) is 5.73 Å². The molecule has 2 rings (SSSR count). The molecule has 21 heavy (non-hydrogen) atoms. The number of benzene rings is 1. The minimum absolute atomic E-state index is 0.0923. The van der Waals surface area contributed by atoms with Crippen molar-refractivity contribution in [3.63, 3.8) is 0 Å². The van der Waals surface area contributed by atoms with Crippen LogP contribution >= 0.6 is 11.3 Å². The number of hydrogen-bond acceptors (Lipinski definition) is 5. The maximum Gasteiger partial charge on any atom is 0.123 e. The number of hydrogen-bond donors (Lipinski definition) is 1. The van der Waals surface area contributed by atoms with E-state index in [0.717, 1.165) is 28.2 Å². The van der Waals surface area contributed by atoms with Gasteiger partial charge in [-0.25, -0.2) is 4.98 Å². The zero-order chi connectivity index (χ0) is 15.1. The molecule has 0 amide bonds. The largest absolute Gasteiger partial charge is 0.382 e. The Balaban J connectivity index is 2.02. The van der Waals surface area contributed by atoms with E-state index in [1.807, 2.05) is 13.0 Å². The van der Waals surface area contributed by atoms with Crippen LogP contribution in [0, 0.1) is 0 Å². The first-order chi connectivity index (χ1) is 10.2. The molecule has 2 N–H and O–H groups in total. The maximum absolute atomic E-state index is 5.74. The first kappa shape index (κ1) is 16.1. The molecule has 0 spiro atoms. The molecule has 0 aliphatic heterocycles. The minimum Gasteiger partial charge on any atom is -0.382 e. The molecule has 0 radical (unpaired) electrons. The second-order valence-electron chi connectivity index (χ2n) is 4.96. The Bertz CT molecular complexity index is 557. The molecule has 5 heteroatoms. The van der Waals surface area contributed by atoms with Gasteiger partial charge in [0.15, 0.2) is 0 Å². The summed E-state index contributed by atoms with van der Waals surface area (Å²) in [4.78, 5) is 4.61. The molecule has 0 saturated heterocycles. The van der Waals surface area contributed by atoms with Crippen molar-refractivity contribution in [1.29, 1.82) is 0 Å². The summed E-state index contributed by atoms with van der Waals surface area (Å²) < 4.78 is 10.8. The summed E-state index contributed by atoms with van der Waals surface area (Å²) in [6.07, 6.45) is 0.920. The van der Waals surface area contributed by atoms with E-state index >= 15 is 0 Å². The van der Waals surface area contributed by atoms with Crippen LogP contribution in [-0.4, -0.2) is 31.3 Å². The second kappa shape index (κ2) is 8.24. The van der Waals surface area contributed by atoms with Crippen LogP contribution in [0.5, 0.6) is 0 Å². The Kier molecular flexibility index (Phi) is 6.32. The van der Waals surface area contributed by atoms with E-state index in [0.29, 0.717) is 19.8 Å². The van der Waals surface area contributed by atoms with Crippen molar-refractivity contribution in [3.05, 3.63) is 40.9 Å². The predicted molar refractivity (Wildman–Crippen MR) is 86.4 cm³/mol. The van der Waals surface area contributed by atoms with Gasteiger partial charge in [0.25, 0.3) is 0 Å². The average molecular weight is 306 g/mol. The van der Waals surface area contributed by atoms with Gasteiger partial charge in [-0.05, 0) is 25.1 Å². The van der Waals surface area contributed by atoms with Crippen LogP contribution in [0.1, 0.15) is 18.2 Å². The van der Waals surface area contributed by atoms with Gasteiger partial charge in [0, 0.05) is 24.5 Å². The van der Waals surface area contributed by atoms with Crippen LogP contribution < -0.4 is 5.73 Å². The second-order valence-corrected chi connectivity index (χ2v) is 5.82. The third kappa shape index (κ3) is 4.89. The molecule has 0 aliphatic carbocycles. The zero-order valence-electron chi connectivity index (χ0n) is 12.5. The van der Waals surface area contributed by atoms with Crippen molar-refractivity contribution in [2.75, 3.05) is 20.3 Å². The average Bonchev–Trinajstić information content (AvgIpc) is 2.95.